The Kier molecular flexibility index (Phi) is 5.43. The molecule has 0 amide bonds. The van der Waals surface area contributed by atoms with E-state index in [9.17, 15) is 8.42 Å². The summed E-state index contributed by atoms with van der Waals surface area (Å²) >= 11 is 11.6. The molecule has 0 fully saturated rings. The Hall–Kier alpha value is -0.330. The molecule has 0 aliphatic rings. The first kappa shape index (κ1) is 15.7. The van der Waals surface area contributed by atoms with Crippen molar-refractivity contribution < 1.29 is 8.42 Å². The quantitative estimate of drug-likeness (QED) is 0.876. The first-order valence-corrected chi connectivity index (χ1v) is 7.68. The number of sulfonamides is 1. The Morgan fingerprint density at radius 2 is 1.94 bits per heavy atom. The molecule has 102 valence electrons. The number of benzene rings is 1. The summed E-state index contributed by atoms with van der Waals surface area (Å²) in [4.78, 5) is -0.0346. The normalized spacial score (nSPS) is 13.9. The third-order valence-corrected chi connectivity index (χ3v) is 4.69. The molecule has 4 nitrogen and oxygen atoms in total. The monoisotopic (exact) mass is 310 g/mol. The zero-order valence-corrected chi connectivity index (χ0v) is 12.5. The van der Waals surface area contributed by atoms with Gasteiger partial charge in [0.1, 0.15) is 4.90 Å². The van der Waals surface area contributed by atoms with Gasteiger partial charge in [-0.05, 0) is 24.1 Å². The summed E-state index contributed by atoms with van der Waals surface area (Å²) in [6.45, 7) is 4.00. The van der Waals surface area contributed by atoms with Crippen molar-refractivity contribution >= 4 is 33.2 Å². The molecule has 0 aromatic heterocycles. The van der Waals surface area contributed by atoms with E-state index in [4.69, 9.17) is 28.9 Å². The lowest BCUT2D eigenvalue weighted by molar-refractivity contribution is 0.481. The van der Waals surface area contributed by atoms with Gasteiger partial charge in [0.2, 0.25) is 10.0 Å². The SMILES string of the molecule is CC(C)C(N)CNS(=O)(=O)c1cc(Cl)ccc1Cl. The van der Waals surface area contributed by atoms with Gasteiger partial charge in [-0.25, -0.2) is 13.1 Å². The van der Waals surface area contributed by atoms with E-state index in [0.29, 0.717) is 5.02 Å². The number of nitrogens with two attached hydrogens (primary N) is 1. The highest BCUT2D eigenvalue weighted by Crippen LogP contribution is 2.24. The van der Waals surface area contributed by atoms with Crippen LogP contribution in [0.15, 0.2) is 23.1 Å². The van der Waals surface area contributed by atoms with Crippen molar-refractivity contribution in [2.24, 2.45) is 11.7 Å². The average molecular weight is 311 g/mol. The van der Waals surface area contributed by atoms with Crippen molar-refractivity contribution in [2.45, 2.75) is 24.8 Å². The smallest absolute Gasteiger partial charge is 0.242 e. The van der Waals surface area contributed by atoms with Crippen LogP contribution < -0.4 is 10.5 Å². The van der Waals surface area contributed by atoms with Crippen molar-refractivity contribution in [3.63, 3.8) is 0 Å². The predicted octanol–water partition coefficient (Wildman–Crippen LogP) is 2.26. The topological polar surface area (TPSA) is 72.2 Å². The summed E-state index contributed by atoms with van der Waals surface area (Å²) in [5, 5.41) is 0.443. The van der Waals surface area contributed by atoms with E-state index in [1.165, 1.54) is 18.2 Å². The molecule has 0 spiro atoms. The number of nitrogens with one attached hydrogen (secondary N) is 1. The lowest BCUT2D eigenvalue weighted by Crippen LogP contribution is -2.40. The summed E-state index contributed by atoms with van der Waals surface area (Å²) in [6, 6.07) is 4.04. The highest BCUT2D eigenvalue weighted by atomic mass is 35.5. The molecule has 1 unspecified atom stereocenters. The Bertz CT molecular complexity index is 518. The van der Waals surface area contributed by atoms with Gasteiger partial charge in [-0.3, -0.25) is 0 Å². The fraction of sp³-hybridized carbons (Fsp3) is 0.455. The van der Waals surface area contributed by atoms with Crippen molar-refractivity contribution in [3.8, 4) is 0 Å². The molecule has 3 N–H and O–H groups in total. The lowest BCUT2D eigenvalue weighted by Gasteiger charge is -2.16. The molecule has 1 aromatic carbocycles. The van der Waals surface area contributed by atoms with E-state index in [-0.39, 0.29) is 28.4 Å². The second-order valence-electron chi connectivity index (χ2n) is 4.33. The van der Waals surface area contributed by atoms with Crippen LogP contribution >= 0.6 is 23.2 Å². The Morgan fingerprint density at radius 1 is 1.33 bits per heavy atom. The van der Waals surface area contributed by atoms with Gasteiger partial charge in [0, 0.05) is 17.6 Å². The van der Waals surface area contributed by atoms with Gasteiger partial charge in [0.25, 0.3) is 0 Å². The molecule has 1 aromatic rings. The van der Waals surface area contributed by atoms with E-state index in [1.807, 2.05) is 13.8 Å². The molecule has 0 radical (unpaired) electrons. The van der Waals surface area contributed by atoms with Crippen molar-refractivity contribution in [1.29, 1.82) is 0 Å². The van der Waals surface area contributed by atoms with Crippen molar-refractivity contribution in [1.82, 2.24) is 4.72 Å². The van der Waals surface area contributed by atoms with Crippen LogP contribution in [0.2, 0.25) is 10.0 Å². The first-order chi connectivity index (χ1) is 8.24. The third-order valence-electron chi connectivity index (χ3n) is 2.55. The predicted molar refractivity (Wildman–Crippen MR) is 74.5 cm³/mol. The van der Waals surface area contributed by atoms with Crippen LogP contribution in [0.5, 0.6) is 0 Å². The Balaban J connectivity index is 2.90. The van der Waals surface area contributed by atoms with Gasteiger partial charge < -0.3 is 5.73 Å². The molecule has 18 heavy (non-hydrogen) atoms. The molecule has 1 atom stereocenters. The standard InChI is InChI=1S/C11H16Cl2N2O2S/c1-7(2)10(14)6-15-18(16,17)11-5-8(12)3-4-9(11)13/h3-5,7,10,15H,6,14H2,1-2H3. The summed E-state index contributed by atoms with van der Waals surface area (Å²) in [6.07, 6.45) is 0. The fourth-order valence-electron chi connectivity index (χ4n) is 1.20. The molecular weight excluding hydrogens is 295 g/mol. The zero-order valence-electron chi connectivity index (χ0n) is 10.2. The van der Waals surface area contributed by atoms with E-state index in [1.54, 1.807) is 0 Å². The molecular formula is C11H16Cl2N2O2S. The zero-order chi connectivity index (χ0) is 13.9. The van der Waals surface area contributed by atoms with Crippen LogP contribution in [0.1, 0.15) is 13.8 Å². The number of hydrogen-bond acceptors (Lipinski definition) is 3. The van der Waals surface area contributed by atoms with Gasteiger partial charge in [0.15, 0.2) is 0 Å². The molecule has 0 saturated carbocycles. The van der Waals surface area contributed by atoms with Crippen molar-refractivity contribution in [3.05, 3.63) is 28.2 Å². The minimum Gasteiger partial charge on any atom is -0.326 e. The molecule has 0 saturated heterocycles. The molecule has 0 aliphatic heterocycles. The highest BCUT2D eigenvalue weighted by Gasteiger charge is 2.19. The van der Waals surface area contributed by atoms with Crippen molar-refractivity contribution in [2.75, 3.05) is 6.54 Å². The molecule has 7 heteroatoms. The minimum absolute atomic E-state index is 0.0346. The van der Waals surface area contributed by atoms with E-state index < -0.39 is 10.0 Å². The van der Waals surface area contributed by atoms with Crippen LogP contribution in [-0.4, -0.2) is 21.0 Å². The maximum Gasteiger partial charge on any atom is 0.242 e. The second kappa shape index (κ2) is 6.21. The average Bonchev–Trinajstić information content (AvgIpc) is 2.29. The van der Waals surface area contributed by atoms with Crippen LogP contribution in [0, 0.1) is 5.92 Å². The third kappa shape index (κ3) is 4.10. The van der Waals surface area contributed by atoms with Crippen LogP contribution in [-0.2, 0) is 10.0 Å². The number of rotatable bonds is 5. The van der Waals surface area contributed by atoms with Crippen LogP contribution in [0.25, 0.3) is 0 Å². The fourth-order valence-corrected chi connectivity index (χ4v) is 3.04. The van der Waals surface area contributed by atoms with E-state index in [2.05, 4.69) is 4.72 Å². The second-order valence-corrected chi connectivity index (χ2v) is 6.91. The summed E-state index contributed by atoms with van der Waals surface area (Å²) in [5.41, 5.74) is 5.78. The van der Waals surface area contributed by atoms with Gasteiger partial charge >= 0.3 is 0 Å². The van der Waals surface area contributed by atoms with E-state index >= 15 is 0 Å². The first-order valence-electron chi connectivity index (χ1n) is 5.44. The highest BCUT2D eigenvalue weighted by molar-refractivity contribution is 7.89. The van der Waals surface area contributed by atoms with Gasteiger partial charge in [0.05, 0.1) is 5.02 Å². The molecule has 0 heterocycles. The summed E-state index contributed by atoms with van der Waals surface area (Å²) < 4.78 is 26.5. The molecule has 1 rings (SSSR count). The minimum atomic E-state index is -3.69. The summed E-state index contributed by atoms with van der Waals surface area (Å²) in [7, 11) is -3.69. The number of halogens is 2. The Labute approximate surface area is 118 Å². The largest absolute Gasteiger partial charge is 0.326 e. The van der Waals surface area contributed by atoms with Gasteiger partial charge in [-0.2, -0.15) is 0 Å². The maximum absolute atomic E-state index is 12.0. The van der Waals surface area contributed by atoms with E-state index in [0.717, 1.165) is 0 Å². The van der Waals surface area contributed by atoms with Crippen LogP contribution in [0.4, 0.5) is 0 Å². The van der Waals surface area contributed by atoms with Gasteiger partial charge in [-0.15, -0.1) is 0 Å². The lowest BCUT2D eigenvalue weighted by atomic mass is 10.1. The summed E-state index contributed by atoms with van der Waals surface area (Å²) in [5.74, 6) is 0.183. The van der Waals surface area contributed by atoms with Crippen LogP contribution in [0.3, 0.4) is 0 Å². The number of hydrogen-bond donors (Lipinski definition) is 2. The molecule has 0 bridgehead atoms. The maximum atomic E-state index is 12.0. The van der Waals surface area contributed by atoms with Gasteiger partial charge in [-0.1, -0.05) is 37.0 Å². The molecule has 0 aliphatic carbocycles. The Morgan fingerprint density at radius 3 is 2.50 bits per heavy atom.